The molecule has 0 radical (unpaired) electrons. The van der Waals surface area contributed by atoms with Crippen LogP contribution >= 0.6 is 0 Å². The Labute approximate surface area is 165 Å². The highest BCUT2D eigenvalue weighted by molar-refractivity contribution is 6.09. The van der Waals surface area contributed by atoms with E-state index in [-0.39, 0.29) is 5.91 Å². The summed E-state index contributed by atoms with van der Waals surface area (Å²) in [6, 6.07) is 27.9. The quantitative estimate of drug-likeness (QED) is 0.514. The molecule has 1 aromatic heterocycles. The van der Waals surface area contributed by atoms with Crippen molar-refractivity contribution in [1.29, 1.82) is 0 Å². The van der Waals surface area contributed by atoms with Gasteiger partial charge in [0.15, 0.2) is 0 Å². The summed E-state index contributed by atoms with van der Waals surface area (Å²) < 4.78 is 0. The van der Waals surface area contributed by atoms with Crippen LogP contribution in [0.1, 0.15) is 28.4 Å². The Bertz CT molecular complexity index is 1110. The number of benzene rings is 3. The van der Waals surface area contributed by atoms with Crippen LogP contribution in [0.2, 0.25) is 0 Å². The van der Waals surface area contributed by atoms with Gasteiger partial charge in [0.2, 0.25) is 0 Å². The number of rotatable bonds is 5. The summed E-state index contributed by atoms with van der Waals surface area (Å²) in [6.45, 7) is 2.58. The number of hydrogen-bond donors (Lipinski definition) is 1. The molecule has 0 atom stereocenters. The molecule has 3 nitrogen and oxygen atoms in total. The minimum Gasteiger partial charge on any atom is -0.348 e. The standard InChI is InChI=1S/C25H22N2O/c1-2-20-23(25(28)26-17-18-11-5-3-6-12-18)21-15-9-10-16-22(21)27-24(20)19-13-7-4-8-14-19/h3-16H,2,17H2,1H3,(H,26,28). The smallest absolute Gasteiger partial charge is 0.252 e. The summed E-state index contributed by atoms with van der Waals surface area (Å²) in [5, 5.41) is 3.99. The third-order valence-corrected chi connectivity index (χ3v) is 4.92. The van der Waals surface area contributed by atoms with Crippen molar-refractivity contribution in [2.45, 2.75) is 19.9 Å². The van der Waals surface area contributed by atoms with Gasteiger partial charge in [-0.05, 0) is 23.6 Å². The molecule has 0 saturated carbocycles. The van der Waals surface area contributed by atoms with Gasteiger partial charge in [0, 0.05) is 17.5 Å². The molecule has 0 aliphatic heterocycles. The highest BCUT2D eigenvalue weighted by atomic mass is 16.1. The minimum atomic E-state index is -0.0588. The van der Waals surface area contributed by atoms with Gasteiger partial charge in [-0.25, -0.2) is 4.98 Å². The number of para-hydroxylation sites is 1. The first-order chi connectivity index (χ1) is 13.8. The van der Waals surface area contributed by atoms with Crippen molar-refractivity contribution >= 4 is 16.8 Å². The number of amides is 1. The zero-order chi connectivity index (χ0) is 19.3. The highest BCUT2D eigenvalue weighted by Crippen LogP contribution is 2.30. The van der Waals surface area contributed by atoms with Crippen molar-refractivity contribution < 1.29 is 4.79 Å². The van der Waals surface area contributed by atoms with E-state index in [4.69, 9.17) is 4.98 Å². The maximum atomic E-state index is 13.3. The van der Waals surface area contributed by atoms with Gasteiger partial charge in [-0.1, -0.05) is 85.8 Å². The normalized spacial score (nSPS) is 10.8. The van der Waals surface area contributed by atoms with Crippen LogP contribution in [0.15, 0.2) is 84.9 Å². The number of fused-ring (bicyclic) bond motifs is 1. The van der Waals surface area contributed by atoms with Crippen molar-refractivity contribution in [3.05, 3.63) is 102 Å². The van der Waals surface area contributed by atoms with E-state index in [0.717, 1.165) is 45.3 Å². The van der Waals surface area contributed by atoms with Crippen molar-refractivity contribution in [2.75, 3.05) is 0 Å². The molecular formula is C25H22N2O. The molecule has 1 amide bonds. The third-order valence-electron chi connectivity index (χ3n) is 4.92. The van der Waals surface area contributed by atoms with Crippen LogP contribution in [-0.4, -0.2) is 10.9 Å². The number of carbonyl (C=O) groups excluding carboxylic acids is 1. The Morgan fingerprint density at radius 2 is 1.50 bits per heavy atom. The van der Waals surface area contributed by atoms with Gasteiger partial charge >= 0.3 is 0 Å². The van der Waals surface area contributed by atoms with Gasteiger partial charge in [0.25, 0.3) is 5.91 Å². The average molecular weight is 366 g/mol. The molecule has 0 spiro atoms. The SMILES string of the molecule is CCc1c(-c2ccccc2)nc2ccccc2c1C(=O)NCc1ccccc1. The maximum Gasteiger partial charge on any atom is 0.252 e. The highest BCUT2D eigenvalue weighted by Gasteiger charge is 2.20. The first-order valence-corrected chi connectivity index (χ1v) is 9.57. The number of carbonyl (C=O) groups is 1. The van der Waals surface area contributed by atoms with E-state index in [2.05, 4.69) is 12.2 Å². The number of pyridine rings is 1. The van der Waals surface area contributed by atoms with Gasteiger partial charge in [0.1, 0.15) is 0 Å². The summed E-state index contributed by atoms with van der Waals surface area (Å²) in [5.74, 6) is -0.0588. The molecular weight excluding hydrogens is 344 g/mol. The molecule has 0 fully saturated rings. The lowest BCUT2D eigenvalue weighted by atomic mass is 9.94. The molecule has 1 N–H and O–H groups in total. The van der Waals surface area contributed by atoms with Crippen LogP contribution < -0.4 is 5.32 Å². The predicted molar refractivity (Wildman–Crippen MR) is 114 cm³/mol. The van der Waals surface area contributed by atoms with Crippen LogP contribution in [-0.2, 0) is 13.0 Å². The van der Waals surface area contributed by atoms with Gasteiger partial charge in [-0.15, -0.1) is 0 Å². The summed E-state index contributed by atoms with van der Waals surface area (Å²) in [5.41, 5.74) is 5.53. The first kappa shape index (κ1) is 17.9. The number of nitrogens with one attached hydrogen (secondary N) is 1. The molecule has 1 heterocycles. The lowest BCUT2D eigenvalue weighted by Gasteiger charge is -2.16. The lowest BCUT2D eigenvalue weighted by Crippen LogP contribution is -2.25. The molecule has 0 aliphatic rings. The first-order valence-electron chi connectivity index (χ1n) is 9.57. The van der Waals surface area contributed by atoms with E-state index in [1.165, 1.54) is 0 Å². The second-order valence-electron chi connectivity index (χ2n) is 6.72. The molecule has 3 aromatic carbocycles. The fourth-order valence-corrected chi connectivity index (χ4v) is 3.56. The predicted octanol–water partition coefficient (Wildman–Crippen LogP) is 5.39. The number of nitrogens with zero attached hydrogens (tertiary/aromatic N) is 1. The Morgan fingerprint density at radius 1 is 0.857 bits per heavy atom. The molecule has 3 heteroatoms. The van der Waals surface area contributed by atoms with Crippen LogP contribution in [0, 0.1) is 0 Å². The van der Waals surface area contributed by atoms with E-state index in [1.54, 1.807) is 0 Å². The molecule has 0 aliphatic carbocycles. The fraction of sp³-hybridized carbons (Fsp3) is 0.120. The van der Waals surface area contributed by atoms with Crippen molar-refractivity contribution in [3.8, 4) is 11.3 Å². The van der Waals surface area contributed by atoms with Gasteiger partial charge in [0.05, 0.1) is 16.8 Å². The fourth-order valence-electron chi connectivity index (χ4n) is 3.56. The second kappa shape index (κ2) is 8.05. The van der Waals surface area contributed by atoms with Crippen LogP contribution in [0.3, 0.4) is 0 Å². The summed E-state index contributed by atoms with van der Waals surface area (Å²) >= 11 is 0. The van der Waals surface area contributed by atoms with E-state index in [1.807, 2.05) is 84.9 Å². The Balaban J connectivity index is 1.82. The van der Waals surface area contributed by atoms with E-state index >= 15 is 0 Å². The van der Waals surface area contributed by atoms with Crippen molar-refractivity contribution in [1.82, 2.24) is 10.3 Å². The molecule has 0 bridgehead atoms. The Kier molecular flexibility index (Phi) is 5.16. The zero-order valence-electron chi connectivity index (χ0n) is 15.9. The third kappa shape index (κ3) is 3.52. The second-order valence-corrected chi connectivity index (χ2v) is 6.72. The number of aromatic nitrogens is 1. The van der Waals surface area contributed by atoms with Gasteiger partial charge < -0.3 is 5.32 Å². The molecule has 0 saturated heterocycles. The monoisotopic (exact) mass is 366 g/mol. The Morgan fingerprint density at radius 3 is 2.21 bits per heavy atom. The van der Waals surface area contributed by atoms with E-state index in [9.17, 15) is 4.79 Å². The van der Waals surface area contributed by atoms with Gasteiger partial charge in [-0.2, -0.15) is 0 Å². The summed E-state index contributed by atoms with van der Waals surface area (Å²) in [4.78, 5) is 18.2. The minimum absolute atomic E-state index is 0.0588. The number of hydrogen-bond acceptors (Lipinski definition) is 2. The average Bonchev–Trinajstić information content (AvgIpc) is 2.77. The largest absolute Gasteiger partial charge is 0.348 e. The van der Waals surface area contributed by atoms with E-state index in [0.29, 0.717) is 6.54 Å². The van der Waals surface area contributed by atoms with Crippen LogP contribution in [0.4, 0.5) is 0 Å². The summed E-state index contributed by atoms with van der Waals surface area (Å²) in [7, 11) is 0. The Hall–Kier alpha value is -3.46. The molecule has 28 heavy (non-hydrogen) atoms. The van der Waals surface area contributed by atoms with Crippen molar-refractivity contribution in [2.24, 2.45) is 0 Å². The molecule has 138 valence electrons. The van der Waals surface area contributed by atoms with Crippen LogP contribution in [0.25, 0.3) is 22.2 Å². The molecule has 4 rings (SSSR count). The van der Waals surface area contributed by atoms with Crippen molar-refractivity contribution in [3.63, 3.8) is 0 Å². The van der Waals surface area contributed by atoms with Crippen LogP contribution in [0.5, 0.6) is 0 Å². The maximum absolute atomic E-state index is 13.3. The molecule has 0 unspecified atom stereocenters. The zero-order valence-corrected chi connectivity index (χ0v) is 15.9. The van der Waals surface area contributed by atoms with Gasteiger partial charge in [-0.3, -0.25) is 4.79 Å². The van der Waals surface area contributed by atoms with E-state index < -0.39 is 0 Å². The summed E-state index contributed by atoms with van der Waals surface area (Å²) in [6.07, 6.45) is 0.732. The topological polar surface area (TPSA) is 42.0 Å². The molecule has 4 aromatic rings. The lowest BCUT2D eigenvalue weighted by molar-refractivity contribution is 0.0951.